The second-order valence-corrected chi connectivity index (χ2v) is 6.86. The maximum atomic E-state index is 13.3. The van der Waals surface area contributed by atoms with E-state index in [-0.39, 0.29) is 11.9 Å². The van der Waals surface area contributed by atoms with Gasteiger partial charge in [-0.2, -0.15) is 0 Å². The number of piperazine rings is 1. The van der Waals surface area contributed by atoms with Crippen LogP contribution in [-0.2, 0) is 6.54 Å². The Morgan fingerprint density at radius 3 is 2.48 bits per heavy atom. The Morgan fingerprint density at radius 2 is 1.80 bits per heavy atom. The van der Waals surface area contributed by atoms with E-state index in [9.17, 15) is 4.39 Å². The van der Waals surface area contributed by atoms with Crippen LogP contribution in [0.15, 0.2) is 54.6 Å². The van der Waals surface area contributed by atoms with Gasteiger partial charge in [0.25, 0.3) is 0 Å². The Balaban J connectivity index is 1.47. The highest BCUT2D eigenvalue weighted by atomic mass is 32.1. The molecule has 1 heterocycles. The molecule has 0 aromatic heterocycles. The summed E-state index contributed by atoms with van der Waals surface area (Å²) in [6, 6.07) is 17.4. The van der Waals surface area contributed by atoms with Crippen molar-refractivity contribution in [2.45, 2.75) is 19.5 Å². The van der Waals surface area contributed by atoms with Gasteiger partial charge in [0.2, 0.25) is 0 Å². The standard InChI is InChI=1S/C20H24FN3S/c1-16(18-7-3-2-4-8-18)22-20(25)24-12-10-23(11-13-24)15-17-6-5-9-19(21)14-17/h2-9,14,16H,10-13,15H2,1H3,(H,22,25). The summed E-state index contributed by atoms with van der Waals surface area (Å²) in [6.07, 6.45) is 0. The lowest BCUT2D eigenvalue weighted by Gasteiger charge is -2.37. The van der Waals surface area contributed by atoms with E-state index in [2.05, 4.69) is 34.2 Å². The number of nitrogens with zero attached hydrogens (tertiary/aromatic N) is 2. The van der Waals surface area contributed by atoms with Crippen molar-refractivity contribution in [3.8, 4) is 0 Å². The smallest absolute Gasteiger partial charge is 0.169 e. The van der Waals surface area contributed by atoms with Crippen LogP contribution in [0.25, 0.3) is 0 Å². The van der Waals surface area contributed by atoms with Crippen molar-refractivity contribution in [3.05, 3.63) is 71.5 Å². The number of halogens is 1. The van der Waals surface area contributed by atoms with Crippen molar-refractivity contribution in [1.82, 2.24) is 15.1 Å². The fourth-order valence-corrected chi connectivity index (χ4v) is 3.46. The Kier molecular flexibility index (Phi) is 6.00. The first-order valence-electron chi connectivity index (χ1n) is 8.69. The molecule has 1 unspecified atom stereocenters. The van der Waals surface area contributed by atoms with Crippen LogP contribution >= 0.6 is 12.2 Å². The molecule has 3 rings (SSSR count). The molecule has 2 aromatic rings. The lowest BCUT2D eigenvalue weighted by atomic mass is 10.1. The van der Waals surface area contributed by atoms with Gasteiger partial charge < -0.3 is 10.2 Å². The number of hydrogen-bond acceptors (Lipinski definition) is 2. The van der Waals surface area contributed by atoms with Crippen molar-refractivity contribution in [2.75, 3.05) is 26.2 Å². The predicted molar refractivity (Wildman–Crippen MR) is 104 cm³/mol. The van der Waals surface area contributed by atoms with Crippen LogP contribution in [0.4, 0.5) is 4.39 Å². The lowest BCUT2D eigenvalue weighted by molar-refractivity contribution is 0.174. The first-order chi connectivity index (χ1) is 12.1. The Labute approximate surface area is 154 Å². The number of rotatable bonds is 4. The van der Waals surface area contributed by atoms with Crippen molar-refractivity contribution in [2.24, 2.45) is 0 Å². The van der Waals surface area contributed by atoms with Gasteiger partial charge in [-0.3, -0.25) is 4.90 Å². The van der Waals surface area contributed by atoms with Crippen LogP contribution in [0.3, 0.4) is 0 Å². The van der Waals surface area contributed by atoms with Crippen LogP contribution in [0.1, 0.15) is 24.1 Å². The minimum Gasteiger partial charge on any atom is -0.356 e. The van der Waals surface area contributed by atoms with Crippen LogP contribution < -0.4 is 5.32 Å². The third kappa shape index (κ3) is 5.00. The van der Waals surface area contributed by atoms with Crippen LogP contribution in [-0.4, -0.2) is 41.1 Å². The summed E-state index contributed by atoms with van der Waals surface area (Å²) in [5.74, 6) is -0.170. The Bertz CT molecular complexity index is 699. The van der Waals surface area contributed by atoms with E-state index in [4.69, 9.17) is 12.2 Å². The highest BCUT2D eigenvalue weighted by Crippen LogP contribution is 2.14. The number of thiocarbonyl (C=S) groups is 1. The van der Waals surface area contributed by atoms with Crippen LogP contribution in [0.2, 0.25) is 0 Å². The van der Waals surface area contributed by atoms with Gasteiger partial charge in [-0.1, -0.05) is 42.5 Å². The minimum atomic E-state index is -0.170. The Morgan fingerprint density at radius 1 is 1.08 bits per heavy atom. The van der Waals surface area contributed by atoms with Crippen molar-refractivity contribution >= 4 is 17.3 Å². The SMILES string of the molecule is CC(NC(=S)N1CCN(Cc2cccc(F)c2)CC1)c1ccccc1. The van der Waals surface area contributed by atoms with Gasteiger partial charge in [0, 0.05) is 32.7 Å². The molecule has 0 spiro atoms. The molecule has 1 N–H and O–H groups in total. The molecule has 1 saturated heterocycles. The monoisotopic (exact) mass is 357 g/mol. The van der Waals surface area contributed by atoms with Gasteiger partial charge in [-0.05, 0) is 42.4 Å². The highest BCUT2D eigenvalue weighted by Gasteiger charge is 2.20. The maximum Gasteiger partial charge on any atom is 0.169 e. The average Bonchev–Trinajstić information content (AvgIpc) is 2.63. The molecule has 3 nitrogen and oxygen atoms in total. The minimum absolute atomic E-state index is 0.170. The second-order valence-electron chi connectivity index (χ2n) is 6.47. The van der Waals surface area contributed by atoms with Crippen LogP contribution in [0, 0.1) is 5.82 Å². The van der Waals surface area contributed by atoms with E-state index in [0.717, 1.165) is 43.4 Å². The molecule has 0 aliphatic carbocycles. The first-order valence-corrected chi connectivity index (χ1v) is 9.10. The molecule has 5 heteroatoms. The molecule has 0 amide bonds. The second kappa shape index (κ2) is 8.41. The molecule has 0 radical (unpaired) electrons. The summed E-state index contributed by atoms with van der Waals surface area (Å²) < 4.78 is 13.3. The Hall–Kier alpha value is -1.98. The van der Waals surface area contributed by atoms with Gasteiger partial charge in [-0.15, -0.1) is 0 Å². The van der Waals surface area contributed by atoms with Gasteiger partial charge in [0.15, 0.2) is 5.11 Å². The lowest BCUT2D eigenvalue weighted by Crippen LogP contribution is -2.51. The molecule has 1 aliphatic rings. The summed E-state index contributed by atoms with van der Waals surface area (Å²) in [6.45, 7) is 6.55. The number of hydrogen-bond donors (Lipinski definition) is 1. The molecule has 0 saturated carbocycles. The molecule has 1 fully saturated rings. The molecular weight excluding hydrogens is 333 g/mol. The zero-order valence-corrected chi connectivity index (χ0v) is 15.3. The largest absolute Gasteiger partial charge is 0.356 e. The zero-order chi connectivity index (χ0) is 17.6. The van der Waals surface area contributed by atoms with E-state index in [1.807, 2.05) is 24.3 Å². The average molecular weight is 357 g/mol. The predicted octanol–water partition coefficient (Wildman–Crippen LogP) is 3.58. The molecule has 132 valence electrons. The third-order valence-electron chi connectivity index (χ3n) is 4.59. The molecule has 1 aliphatic heterocycles. The van der Waals surface area contributed by atoms with E-state index in [0.29, 0.717) is 0 Å². The summed E-state index contributed by atoms with van der Waals surface area (Å²) in [7, 11) is 0. The fraction of sp³-hybridized carbons (Fsp3) is 0.350. The van der Waals surface area contributed by atoms with Crippen molar-refractivity contribution in [3.63, 3.8) is 0 Å². The molecule has 25 heavy (non-hydrogen) atoms. The molecule has 0 bridgehead atoms. The highest BCUT2D eigenvalue weighted by molar-refractivity contribution is 7.80. The fourth-order valence-electron chi connectivity index (χ4n) is 3.10. The summed E-state index contributed by atoms with van der Waals surface area (Å²) in [5.41, 5.74) is 2.25. The van der Waals surface area contributed by atoms with Crippen LogP contribution in [0.5, 0.6) is 0 Å². The van der Waals surface area contributed by atoms with E-state index < -0.39 is 0 Å². The van der Waals surface area contributed by atoms with E-state index >= 15 is 0 Å². The molecule has 1 atom stereocenters. The van der Waals surface area contributed by atoms with Crippen molar-refractivity contribution in [1.29, 1.82) is 0 Å². The quantitative estimate of drug-likeness (QED) is 0.843. The number of benzene rings is 2. The van der Waals surface area contributed by atoms with Gasteiger partial charge >= 0.3 is 0 Å². The maximum absolute atomic E-state index is 13.3. The third-order valence-corrected chi connectivity index (χ3v) is 4.97. The van der Waals surface area contributed by atoms with Crippen molar-refractivity contribution < 1.29 is 4.39 Å². The van der Waals surface area contributed by atoms with E-state index in [1.54, 1.807) is 12.1 Å². The molecular formula is C20H24FN3S. The first kappa shape index (κ1) is 17.8. The zero-order valence-electron chi connectivity index (χ0n) is 14.5. The number of nitrogens with one attached hydrogen (secondary N) is 1. The van der Waals surface area contributed by atoms with Gasteiger partial charge in [-0.25, -0.2) is 4.39 Å². The summed E-state index contributed by atoms with van der Waals surface area (Å²) in [4.78, 5) is 4.56. The normalized spacial score (nSPS) is 16.5. The van der Waals surface area contributed by atoms with Gasteiger partial charge in [0.1, 0.15) is 5.82 Å². The van der Waals surface area contributed by atoms with E-state index in [1.165, 1.54) is 11.6 Å². The van der Waals surface area contributed by atoms with Gasteiger partial charge in [0.05, 0.1) is 6.04 Å². The summed E-state index contributed by atoms with van der Waals surface area (Å²) in [5, 5.41) is 4.23. The topological polar surface area (TPSA) is 18.5 Å². The molecule has 2 aromatic carbocycles. The summed E-state index contributed by atoms with van der Waals surface area (Å²) >= 11 is 5.58.